The van der Waals surface area contributed by atoms with Crippen molar-refractivity contribution in [1.29, 1.82) is 0 Å². The van der Waals surface area contributed by atoms with Crippen molar-refractivity contribution in [3.8, 4) is 0 Å². The number of benzene rings is 2. The van der Waals surface area contributed by atoms with Crippen LogP contribution in [-0.4, -0.2) is 28.5 Å². The largest absolute Gasteiger partial charge is 0.280 e. The molecule has 0 atom stereocenters. The van der Waals surface area contributed by atoms with E-state index in [1.807, 2.05) is 6.92 Å². The number of aryl methyl sites for hydroxylation is 2. The van der Waals surface area contributed by atoms with Gasteiger partial charge in [0, 0.05) is 16.6 Å². The standard InChI is InChI=1S/C17H17BrN2O5S2/c1-11-9-13(3-5-15(11)18)19-27(24,25)16-6-4-14(10-12(16)2)20-17(21)7-8-26(20,22)23/h3-6,9-10,19H,7-8H2,1-2H3. The Labute approximate surface area is 166 Å². The number of carbonyl (C=O) groups excluding carboxylic acids is 1. The molecule has 2 aromatic carbocycles. The summed E-state index contributed by atoms with van der Waals surface area (Å²) in [5.74, 6) is -0.761. The molecular weight excluding hydrogens is 456 g/mol. The number of amides is 1. The van der Waals surface area contributed by atoms with E-state index in [1.165, 1.54) is 18.2 Å². The molecule has 1 amide bonds. The van der Waals surface area contributed by atoms with E-state index in [4.69, 9.17) is 0 Å². The average molecular weight is 473 g/mol. The number of carbonyl (C=O) groups is 1. The third kappa shape index (κ3) is 3.87. The molecule has 10 heteroatoms. The minimum Gasteiger partial charge on any atom is -0.280 e. The molecule has 27 heavy (non-hydrogen) atoms. The van der Waals surface area contributed by atoms with Crippen molar-refractivity contribution in [3.63, 3.8) is 0 Å². The topological polar surface area (TPSA) is 101 Å². The SMILES string of the molecule is Cc1cc(NS(=O)(=O)c2ccc(N3C(=O)CCS3(=O)=O)cc2C)ccc1Br. The molecule has 0 bridgehead atoms. The quantitative estimate of drug-likeness (QED) is 0.736. The first-order valence-electron chi connectivity index (χ1n) is 7.97. The van der Waals surface area contributed by atoms with Gasteiger partial charge >= 0.3 is 0 Å². The summed E-state index contributed by atoms with van der Waals surface area (Å²) in [6, 6.07) is 9.10. The van der Waals surface area contributed by atoms with Crippen LogP contribution in [0.3, 0.4) is 0 Å². The normalized spacial score (nSPS) is 16.6. The van der Waals surface area contributed by atoms with E-state index < -0.39 is 26.0 Å². The van der Waals surface area contributed by atoms with Crippen LogP contribution in [0, 0.1) is 13.8 Å². The van der Waals surface area contributed by atoms with E-state index in [-0.39, 0.29) is 22.8 Å². The molecule has 1 N–H and O–H groups in total. The average Bonchev–Trinajstić information content (AvgIpc) is 2.83. The van der Waals surface area contributed by atoms with Crippen molar-refractivity contribution >= 4 is 53.3 Å². The van der Waals surface area contributed by atoms with Crippen LogP contribution in [0.4, 0.5) is 11.4 Å². The fourth-order valence-electron chi connectivity index (χ4n) is 2.85. The van der Waals surface area contributed by atoms with Gasteiger partial charge in [0.1, 0.15) is 0 Å². The highest BCUT2D eigenvalue weighted by atomic mass is 79.9. The molecule has 3 rings (SSSR count). The Kier molecular flexibility index (Phi) is 5.08. The second kappa shape index (κ2) is 6.92. The van der Waals surface area contributed by atoms with Crippen LogP contribution in [0.25, 0.3) is 0 Å². The molecule has 0 unspecified atom stereocenters. The maximum absolute atomic E-state index is 12.7. The molecule has 1 heterocycles. The summed E-state index contributed by atoms with van der Waals surface area (Å²) in [4.78, 5) is 11.9. The first-order chi connectivity index (χ1) is 12.5. The van der Waals surface area contributed by atoms with Crippen LogP contribution >= 0.6 is 15.9 Å². The molecule has 1 fully saturated rings. The molecule has 144 valence electrons. The van der Waals surface area contributed by atoms with E-state index in [2.05, 4.69) is 20.7 Å². The van der Waals surface area contributed by atoms with E-state index in [9.17, 15) is 21.6 Å². The van der Waals surface area contributed by atoms with Gasteiger partial charge in [-0.3, -0.25) is 9.52 Å². The van der Waals surface area contributed by atoms with Gasteiger partial charge in [-0.25, -0.2) is 21.1 Å². The van der Waals surface area contributed by atoms with Crippen LogP contribution in [0.1, 0.15) is 17.5 Å². The number of halogens is 1. The van der Waals surface area contributed by atoms with Gasteiger partial charge in [0.05, 0.1) is 16.3 Å². The summed E-state index contributed by atoms with van der Waals surface area (Å²) < 4.78 is 53.6. The molecule has 1 aliphatic rings. The number of hydrogen-bond donors (Lipinski definition) is 1. The summed E-state index contributed by atoms with van der Waals surface area (Å²) in [6.07, 6.45) is -0.0775. The smallest absolute Gasteiger partial charge is 0.262 e. The lowest BCUT2D eigenvalue weighted by atomic mass is 10.2. The number of rotatable bonds is 4. The maximum Gasteiger partial charge on any atom is 0.262 e. The highest BCUT2D eigenvalue weighted by Gasteiger charge is 2.36. The number of nitrogens with one attached hydrogen (secondary N) is 1. The van der Waals surface area contributed by atoms with E-state index in [0.29, 0.717) is 11.3 Å². The molecule has 2 aromatic rings. The Morgan fingerprint density at radius 2 is 1.78 bits per heavy atom. The van der Waals surface area contributed by atoms with Gasteiger partial charge in [-0.15, -0.1) is 0 Å². The highest BCUT2D eigenvalue weighted by Crippen LogP contribution is 2.29. The second-order valence-corrected chi connectivity index (χ2v) is 10.7. The summed E-state index contributed by atoms with van der Waals surface area (Å²) >= 11 is 3.36. The third-order valence-corrected chi connectivity index (χ3v) is 8.29. The first-order valence-corrected chi connectivity index (χ1v) is 11.9. The zero-order valence-corrected chi connectivity index (χ0v) is 17.8. The van der Waals surface area contributed by atoms with Crippen molar-refractivity contribution in [2.24, 2.45) is 0 Å². The monoisotopic (exact) mass is 472 g/mol. The van der Waals surface area contributed by atoms with Crippen LogP contribution in [0.2, 0.25) is 0 Å². The minimum atomic E-state index is -3.87. The molecule has 1 saturated heterocycles. The summed E-state index contributed by atoms with van der Waals surface area (Å²) in [5.41, 5.74) is 1.77. The van der Waals surface area contributed by atoms with E-state index in [0.717, 1.165) is 14.3 Å². The van der Waals surface area contributed by atoms with Gasteiger partial charge < -0.3 is 0 Å². The lowest BCUT2D eigenvalue weighted by Gasteiger charge is -2.17. The van der Waals surface area contributed by atoms with Crippen LogP contribution in [-0.2, 0) is 24.8 Å². The molecule has 0 saturated carbocycles. The number of nitrogens with zero attached hydrogens (tertiary/aromatic N) is 1. The summed E-state index contributed by atoms with van der Waals surface area (Å²) in [6.45, 7) is 3.40. The minimum absolute atomic E-state index is 0.0101. The summed E-state index contributed by atoms with van der Waals surface area (Å²) in [5, 5.41) is 0. The summed E-state index contributed by atoms with van der Waals surface area (Å²) in [7, 11) is -7.57. The van der Waals surface area contributed by atoms with Gasteiger partial charge in [0.2, 0.25) is 15.9 Å². The predicted molar refractivity (Wildman–Crippen MR) is 107 cm³/mol. The third-order valence-electron chi connectivity index (χ3n) is 4.17. The van der Waals surface area contributed by atoms with Gasteiger partial charge in [0.25, 0.3) is 10.0 Å². The van der Waals surface area contributed by atoms with Crippen molar-refractivity contribution in [3.05, 3.63) is 52.0 Å². The van der Waals surface area contributed by atoms with Gasteiger partial charge in [-0.05, 0) is 61.4 Å². The molecule has 0 radical (unpaired) electrons. The zero-order valence-electron chi connectivity index (χ0n) is 14.6. The molecule has 7 nitrogen and oxygen atoms in total. The van der Waals surface area contributed by atoms with E-state index >= 15 is 0 Å². The lowest BCUT2D eigenvalue weighted by Crippen LogP contribution is -2.29. The van der Waals surface area contributed by atoms with Crippen LogP contribution in [0.15, 0.2) is 45.8 Å². The van der Waals surface area contributed by atoms with Crippen molar-refractivity contribution in [2.75, 3.05) is 14.8 Å². The fourth-order valence-corrected chi connectivity index (χ4v) is 5.82. The predicted octanol–water partition coefficient (Wildman–Crippen LogP) is 2.93. The Morgan fingerprint density at radius 3 is 2.33 bits per heavy atom. The second-order valence-electron chi connectivity index (χ2n) is 6.24. The number of sulfonamides is 2. The van der Waals surface area contributed by atoms with Crippen LogP contribution < -0.4 is 9.03 Å². The van der Waals surface area contributed by atoms with Crippen molar-refractivity contribution in [2.45, 2.75) is 25.2 Å². The number of hydrogen-bond acceptors (Lipinski definition) is 5. The maximum atomic E-state index is 12.7. The molecular formula is C17H17BrN2O5S2. The lowest BCUT2D eigenvalue weighted by molar-refractivity contribution is -0.116. The first kappa shape index (κ1) is 19.8. The highest BCUT2D eigenvalue weighted by molar-refractivity contribution is 9.10. The van der Waals surface area contributed by atoms with Gasteiger partial charge in [0.15, 0.2) is 0 Å². The Bertz CT molecular complexity index is 1140. The fraction of sp³-hybridized carbons (Fsp3) is 0.235. The number of anilines is 2. The Balaban J connectivity index is 1.95. The molecule has 1 aliphatic heterocycles. The zero-order chi connectivity index (χ0) is 20.0. The van der Waals surface area contributed by atoms with Crippen LogP contribution in [0.5, 0.6) is 0 Å². The van der Waals surface area contributed by atoms with Gasteiger partial charge in [-0.1, -0.05) is 15.9 Å². The van der Waals surface area contributed by atoms with Crippen molar-refractivity contribution in [1.82, 2.24) is 0 Å². The Morgan fingerprint density at radius 1 is 1.07 bits per heavy atom. The molecule has 0 spiro atoms. The molecule has 0 aromatic heterocycles. The van der Waals surface area contributed by atoms with Gasteiger partial charge in [-0.2, -0.15) is 0 Å². The van der Waals surface area contributed by atoms with Crippen molar-refractivity contribution < 1.29 is 21.6 Å². The molecule has 0 aliphatic carbocycles. The Hall–Kier alpha value is -1.91. The van der Waals surface area contributed by atoms with E-state index in [1.54, 1.807) is 25.1 Å².